The summed E-state index contributed by atoms with van der Waals surface area (Å²) in [7, 11) is -3.35. The van der Waals surface area contributed by atoms with Crippen LogP contribution in [0.1, 0.15) is 10.4 Å². The number of terminal acetylenes is 1. The molecule has 3 aromatic rings. The van der Waals surface area contributed by atoms with Crippen LogP contribution in [0.25, 0.3) is 10.2 Å². The van der Waals surface area contributed by atoms with Gasteiger partial charge in [0, 0.05) is 6.26 Å². The van der Waals surface area contributed by atoms with Crippen molar-refractivity contribution in [2.75, 3.05) is 6.26 Å². The molecule has 10 heteroatoms. The third-order valence-corrected chi connectivity index (χ3v) is 7.06. The van der Waals surface area contributed by atoms with Crippen LogP contribution >= 0.6 is 45.9 Å². The van der Waals surface area contributed by atoms with Crippen molar-refractivity contribution < 1.29 is 13.2 Å². The van der Waals surface area contributed by atoms with Crippen molar-refractivity contribution in [3.63, 3.8) is 0 Å². The molecule has 26 heavy (non-hydrogen) atoms. The number of benzene rings is 1. The second kappa shape index (κ2) is 7.18. The Balaban J connectivity index is 2.21. The minimum Gasteiger partial charge on any atom is -0.305 e. The first-order valence-electron chi connectivity index (χ1n) is 7.01. The van der Waals surface area contributed by atoms with E-state index < -0.39 is 15.7 Å². The van der Waals surface area contributed by atoms with E-state index in [2.05, 4.69) is 10.9 Å². The smallest absolute Gasteiger partial charge is 0.282 e. The highest BCUT2D eigenvalue weighted by Gasteiger charge is 2.16. The van der Waals surface area contributed by atoms with Gasteiger partial charge >= 0.3 is 0 Å². The molecular weight excluding hydrogens is 435 g/mol. The van der Waals surface area contributed by atoms with E-state index in [-0.39, 0.29) is 21.3 Å². The highest BCUT2D eigenvalue weighted by Crippen LogP contribution is 2.31. The summed E-state index contributed by atoms with van der Waals surface area (Å²) < 4.78 is 26.5. The van der Waals surface area contributed by atoms with Crippen molar-refractivity contribution in [3.05, 3.63) is 43.3 Å². The molecule has 0 saturated heterocycles. The third kappa shape index (κ3) is 3.72. The molecule has 0 radical (unpaired) electrons. The normalized spacial score (nSPS) is 12.5. The molecule has 0 atom stereocenters. The number of thiazole rings is 1. The zero-order chi connectivity index (χ0) is 19.1. The third-order valence-electron chi connectivity index (χ3n) is 3.42. The number of hydrogen-bond acceptors (Lipinski definition) is 5. The topological polar surface area (TPSA) is 68.5 Å². The van der Waals surface area contributed by atoms with Crippen LogP contribution in [0.2, 0.25) is 8.67 Å². The minimum absolute atomic E-state index is 0.183. The van der Waals surface area contributed by atoms with Crippen LogP contribution in [-0.2, 0) is 16.4 Å². The molecule has 0 aliphatic rings. The molecule has 1 amide bonds. The van der Waals surface area contributed by atoms with Gasteiger partial charge in [-0.05, 0) is 24.3 Å². The number of fused-ring (bicyclic) bond motifs is 1. The maximum absolute atomic E-state index is 12.5. The Kier molecular flexibility index (Phi) is 5.28. The summed E-state index contributed by atoms with van der Waals surface area (Å²) in [4.78, 5) is 17.1. The van der Waals surface area contributed by atoms with Gasteiger partial charge in [-0.3, -0.25) is 4.79 Å². The van der Waals surface area contributed by atoms with Crippen LogP contribution in [0, 0.1) is 12.3 Å². The summed E-state index contributed by atoms with van der Waals surface area (Å²) >= 11 is 14.1. The van der Waals surface area contributed by atoms with Crippen molar-refractivity contribution >= 4 is 71.8 Å². The molecule has 2 aromatic heterocycles. The number of thiophene rings is 1. The maximum Gasteiger partial charge on any atom is 0.282 e. The molecule has 0 bridgehead atoms. The molecule has 0 saturated carbocycles. The SMILES string of the molecule is C#CCn1c(=NC(=O)c2cc(Cl)sc2Cl)sc2cc(S(C)(=O)=O)ccc21. The van der Waals surface area contributed by atoms with Crippen molar-refractivity contribution in [2.24, 2.45) is 4.99 Å². The molecule has 0 aliphatic carbocycles. The second-order valence-corrected chi connectivity index (χ2v) is 10.5. The molecule has 5 nitrogen and oxygen atoms in total. The summed E-state index contributed by atoms with van der Waals surface area (Å²) in [5, 5.41) is 0. The first-order valence-corrected chi connectivity index (χ1v) is 11.3. The Morgan fingerprint density at radius 1 is 1.31 bits per heavy atom. The number of halogens is 2. The van der Waals surface area contributed by atoms with Crippen LogP contribution in [0.4, 0.5) is 0 Å². The highest BCUT2D eigenvalue weighted by atomic mass is 35.5. The molecule has 1 aromatic carbocycles. The van der Waals surface area contributed by atoms with Gasteiger partial charge in [0.1, 0.15) is 4.34 Å². The van der Waals surface area contributed by atoms with Gasteiger partial charge in [0.05, 0.1) is 31.6 Å². The lowest BCUT2D eigenvalue weighted by atomic mass is 10.3. The van der Waals surface area contributed by atoms with Gasteiger partial charge < -0.3 is 4.57 Å². The first-order chi connectivity index (χ1) is 12.2. The lowest BCUT2D eigenvalue weighted by Crippen LogP contribution is -2.16. The standard InChI is InChI=1S/C16H10Cl2N2O3S3/c1-3-6-20-11-5-4-9(26(2,22)23)7-12(11)24-16(20)19-15(21)10-8-13(17)25-14(10)18/h1,4-5,7-8H,6H2,2H3. The van der Waals surface area contributed by atoms with Crippen molar-refractivity contribution in [3.8, 4) is 12.3 Å². The van der Waals surface area contributed by atoms with Gasteiger partial charge in [-0.2, -0.15) is 4.99 Å². The minimum atomic E-state index is -3.35. The van der Waals surface area contributed by atoms with Gasteiger partial charge in [0.25, 0.3) is 5.91 Å². The summed E-state index contributed by atoms with van der Waals surface area (Å²) in [5.74, 6) is 1.97. The van der Waals surface area contributed by atoms with Crippen molar-refractivity contribution in [2.45, 2.75) is 11.4 Å². The maximum atomic E-state index is 12.5. The number of sulfone groups is 1. The van der Waals surface area contributed by atoms with Crippen molar-refractivity contribution in [1.82, 2.24) is 4.57 Å². The average Bonchev–Trinajstić information content (AvgIpc) is 3.06. The molecule has 0 aliphatic heterocycles. The van der Waals surface area contributed by atoms with E-state index in [4.69, 9.17) is 29.6 Å². The number of aromatic nitrogens is 1. The fourth-order valence-corrected chi connectivity index (χ4v) is 5.48. The quantitative estimate of drug-likeness (QED) is 0.576. The average molecular weight is 445 g/mol. The van der Waals surface area contributed by atoms with Crippen LogP contribution in [0.15, 0.2) is 34.2 Å². The van der Waals surface area contributed by atoms with E-state index in [0.29, 0.717) is 19.4 Å². The molecule has 0 spiro atoms. The molecule has 134 valence electrons. The molecule has 2 heterocycles. The van der Waals surface area contributed by atoms with E-state index in [1.807, 2.05) is 0 Å². The predicted molar refractivity (Wildman–Crippen MR) is 106 cm³/mol. The zero-order valence-corrected chi connectivity index (χ0v) is 17.2. The highest BCUT2D eigenvalue weighted by molar-refractivity contribution is 7.90. The number of carbonyl (C=O) groups excluding carboxylic acids is 1. The van der Waals surface area contributed by atoms with Gasteiger partial charge in [-0.1, -0.05) is 40.5 Å². The van der Waals surface area contributed by atoms with Gasteiger partial charge in [-0.15, -0.1) is 17.8 Å². The fourth-order valence-electron chi connectivity index (χ4n) is 2.25. The zero-order valence-electron chi connectivity index (χ0n) is 13.2. The monoisotopic (exact) mass is 444 g/mol. The van der Waals surface area contributed by atoms with Crippen LogP contribution < -0.4 is 4.80 Å². The van der Waals surface area contributed by atoms with Crippen LogP contribution in [0.3, 0.4) is 0 Å². The van der Waals surface area contributed by atoms with E-state index in [1.165, 1.54) is 23.5 Å². The Morgan fingerprint density at radius 3 is 2.62 bits per heavy atom. The second-order valence-electron chi connectivity index (χ2n) is 5.23. The Morgan fingerprint density at radius 2 is 2.04 bits per heavy atom. The van der Waals surface area contributed by atoms with E-state index >= 15 is 0 Å². The Labute approximate surface area is 167 Å². The molecule has 0 N–H and O–H groups in total. The number of hydrogen-bond donors (Lipinski definition) is 0. The summed E-state index contributed by atoms with van der Waals surface area (Å²) in [6, 6.07) is 6.15. The molecule has 0 unspecified atom stereocenters. The predicted octanol–water partition coefficient (Wildman–Crippen LogP) is 3.85. The lowest BCUT2D eigenvalue weighted by Gasteiger charge is -2.01. The van der Waals surface area contributed by atoms with Gasteiger partial charge in [0.2, 0.25) is 0 Å². The number of rotatable bonds is 3. The van der Waals surface area contributed by atoms with Gasteiger partial charge in [-0.25, -0.2) is 8.42 Å². The van der Waals surface area contributed by atoms with Crippen molar-refractivity contribution in [1.29, 1.82) is 0 Å². The van der Waals surface area contributed by atoms with Crippen LogP contribution in [0.5, 0.6) is 0 Å². The lowest BCUT2D eigenvalue weighted by molar-refractivity contribution is 0.0998. The van der Waals surface area contributed by atoms with E-state index in [0.717, 1.165) is 17.6 Å². The van der Waals surface area contributed by atoms with Gasteiger partial charge in [0.15, 0.2) is 14.6 Å². The first kappa shape index (κ1) is 19.1. The Hall–Kier alpha value is -1.63. The molecule has 0 fully saturated rings. The summed E-state index contributed by atoms with van der Waals surface area (Å²) in [6.07, 6.45) is 6.56. The van der Waals surface area contributed by atoms with Crippen LogP contribution in [-0.4, -0.2) is 25.1 Å². The summed E-state index contributed by atoms with van der Waals surface area (Å²) in [6.45, 7) is 0.183. The number of amides is 1. The largest absolute Gasteiger partial charge is 0.305 e. The Bertz CT molecular complexity index is 1240. The number of nitrogens with zero attached hydrogens (tertiary/aromatic N) is 2. The number of carbonyl (C=O) groups is 1. The molecular formula is C16H10Cl2N2O3S3. The van der Waals surface area contributed by atoms with E-state index in [9.17, 15) is 13.2 Å². The summed E-state index contributed by atoms with van der Waals surface area (Å²) in [5.41, 5.74) is 0.907. The van der Waals surface area contributed by atoms with E-state index in [1.54, 1.807) is 16.7 Å². The fraction of sp³-hybridized carbons (Fsp3) is 0.125. The molecule has 3 rings (SSSR count).